The molecule has 102 valence electrons. The molecule has 0 amide bonds. The van der Waals surface area contributed by atoms with Crippen molar-refractivity contribution in [3.05, 3.63) is 23.8 Å². The number of nitrogens with one attached hydrogen (secondary N) is 1. The van der Waals surface area contributed by atoms with Crippen LogP contribution in [0.3, 0.4) is 0 Å². The Morgan fingerprint density at radius 1 is 1.32 bits per heavy atom. The number of nitrogens with zero attached hydrogens (tertiary/aromatic N) is 1. The van der Waals surface area contributed by atoms with E-state index in [-0.39, 0.29) is 11.5 Å². The van der Waals surface area contributed by atoms with Crippen molar-refractivity contribution in [3.8, 4) is 17.6 Å². The quantitative estimate of drug-likeness (QED) is 0.884. The lowest BCUT2D eigenvalue weighted by atomic mass is 9.63. The van der Waals surface area contributed by atoms with Gasteiger partial charge in [-0.2, -0.15) is 5.26 Å². The normalized spacial score (nSPS) is 18.0. The van der Waals surface area contributed by atoms with E-state index in [0.717, 1.165) is 36.3 Å². The molecule has 1 atom stereocenters. The Morgan fingerprint density at radius 3 is 2.47 bits per heavy atom. The maximum absolute atomic E-state index is 9.51. The summed E-state index contributed by atoms with van der Waals surface area (Å²) in [5.41, 5.74) is 0.712. The van der Waals surface area contributed by atoms with E-state index in [1.165, 1.54) is 0 Å². The molecule has 0 radical (unpaired) electrons. The Balaban J connectivity index is 2.41. The number of hydrogen-bond donors (Lipinski definition) is 1. The molecule has 1 fully saturated rings. The number of benzene rings is 1. The summed E-state index contributed by atoms with van der Waals surface area (Å²) in [6, 6.07) is 8.24. The highest BCUT2D eigenvalue weighted by Crippen LogP contribution is 2.51. The van der Waals surface area contributed by atoms with Crippen LogP contribution in [0.25, 0.3) is 0 Å². The third-order valence-electron chi connectivity index (χ3n) is 4.06. The van der Waals surface area contributed by atoms with Gasteiger partial charge in [-0.1, -0.05) is 12.5 Å². The molecule has 4 heteroatoms. The van der Waals surface area contributed by atoms with E-state index in [1.807, 2.05) is 25.2 Å². The van der Waals surface area contributed by atoms with Crippen LogP contribution < -0.4 is 14.8 Å². The molecule has 1 unspecified atom stereocenters. The molecule has 1 aromatic rings. The lowest BCUT2D eigenvalue weighted by molar-refractivity contribution is 0.146. The van der Waals surface area contributed by atoms with Crippen molar-refractivity contribution in [2.45, 2.75) is 25.3 Å². The second kappa shape index (κ2) is 5.50. The summed E-state index contributed by atoms with van der Waals surface area (Å²) >= 11 is 0. The summed E-state index contributed by atoms with van der Waals surface area (Å²) in [6.07, 6.45) is 2.98. The third kappa shape index (κ3) is 2.26. The zero-order chi connectivity index (χ0) is 13.9. The highest BCUT2D eigenvalue weighted by Gasteiger charge is 2.45. The zero-order valence-electron chi connectivity index (χ0n) is 11.7. The number of methoxy groups -OCH3 is 2. The fourth-order valence-corrected chi connectivity index (χ4v) is 2.81. The molecule has 2 rings (SSSR count). The molecule has 1 saturated carbocycles. The molecule has 1 aromatic carbocycles. The van der Waals surface area contributed by atoms with E-state index in [1.54, 1.807) is 14.2 Å². The average molecular weight is 260 g/mol. The van der Waals surface area contributed by atoms with Gasteiger partial charge in [0.1, 0.15) is 11.5 Å². The van der Waals surface area contributed by atoms with Crippen LogP contribution in [0.1, 0.15) is 30.9 Å². The molecule has 1 aliphatic rings. The van der Waals surface area contributed by atoms with Crippen molar-refractivity contribution in [1.82, 2.24) is 5.32 Å². The second-order valence-electron chi connectivity index (χ2n) is 4.95. The van der Waals surface area contributed by atoms with E-state index < -0.39 is 0 Å². The van der Waals surface area contributed by atoms with Gasteiger partial charge < -0.3 is 14.8 Å². The number of nitriles is 1. The van der Waals surface area contributed by atoms with Crippen LogP contribution in [0.4, 0.5) is 0 Å². The maximum atomic E-state index is 9.51. The van der Waals surface area contributed by atoms with E-state index in [2.05, 4.69) is 11.4 Å². The summed E-state index contributed by atoms with van der Waals surface area (Å²) in [7, 11) is 5.17. The maximum Gasteiger partial charge on any atom is 0.127 e. The smallest absolute Gasteiger partial charge is 0.127 e. The predicted molar refractivity (Wildman–Crippen MR) is 73.2 cm³/mol. The zero-order valence-corrected chi connectivity index (χ0v) is 11.7. The highest BCUT2D eigenvalue weighted by molar-refractivity contribution is 5.44. The highest BCUT2D eigenvalue weighted by atomic mass is 16.5. The average Bonchev–Trinajstić information content (AvgIpc) is 2.42. The lowest BCUT2D eigenvalue weighted by Crippen LogP contribution is -2.41. The van der Waals surface area contributed by atoms with Gasteiger partial charge in [-0.15, -0.1) is 0 Å². The van der Waals surface area contributed by atoms with Gasteiger partial charge >= 0.3 is 0 Å². The van der Waals surface area contributed by atoms with E-state index in [0.29, 0.717) is 0 Å². The van der Waals surface area contributed by atoms with Gasteiger partial charge in [-0.3, -0.25) is 0 Å². The monoisotopic (exact) mass is 260 g/mol. The molecule has 4 nitrogen and oxygen atoms in total. The summed E-state index contributed by atoms with van der Waals surface area (Å²) in [6.45, 7) is 0. The molecule has 0 bridgehead atoms. The lowest BCUT2D eigenvalue weighted by Gasteiger charge is -2.42. The first-order chi connectivity index (χ1) is 9.20. The van der Waals surface area contributed by atoms with Crippen LogP contribution in [-0.4, -0.2) is 21.3 Å². The molecule has 0 heterocycles. The molecule has 0 spiro atoms. The molecule has 0 aliphatic heterocycles. The van der Waals surface area contributed by atoms with Crippen molar-refractivity contribution in [3.63, 3.8) is 0 Å². The molecule has 1 aliphatic carbocycles. The Kier molecular flexibility index (Phi) is 3.96. The Hall–Kier alpha value is -1.73. The van der Waals surface area contributed by atoms with Crippen molar-refractivity contribution in [2.75, 3.05) is 21.3 Å². The van der Waals surface area contributed by atoms with Crippen LogP contribution in [-0.2, 0) is 0 Å². The van der Waals surface area contributed by atoms with E-state index in [4.69, 9.17) is 9.47 Å². The summed E-state index contributed by atoms with van der Waals surface area (Å²) in [4.78, 5) is 0. The van der Waals surface area contributed by atoms with Crippen molar-refractivity contribution in [2.24, 2.45) is 5.41 Å². The first-order valence-electron chi connectivity index (χ1n) is 6.51. The van der Waals surface area contributed by atoms with Gasteiger partial charge in [0.15, 0.2) is 0 Å². The third-order valence-corrected chi connectivity index (χ3v) is 4.06. The molecule has 1 N–H and O–H groups in total. The predicted octanol–water partition coefficient (Wildman–Crippen LogP) is 2.66. The number of rotatable bonds is 5. The largest absolute Gasteiger partial charge is 0.497 e. The van der Waals surface area contributed by atoms with Crippen LogP contribution in [0.5, 0.6) is 11.5 Å². The SMILES string of the molecule is CNC(c1ccc(OC)cc1OC)C1(C#N)CCC1. The summed E-state index contributed by atoms with van der Waals surface area (Å²) in [5.74, 6) is 1.52. The van der Waals surface area contributed by atoms with Gasteiger partial charge in [0, 0.05) is 11.6 Å². The van der Waals surface area contributed by atoms with Crippen LogP contribution in [0.15, 0.2) is 18.2 Å². The van der Waals surface area contributed by atoms with Gasteiger partial charge in [0.25, 0.3) is 0 Å². The van der Waals surface area contributed by atoms with Gasteiger partial charge in [-0.05, 0) is 26.0 Å². The number of ether oxygens (including phenoxy) is 2. The first-order valence-corrected chi connectivity index (χ1v) is 6.51. The first kappa shape index (κ1) is 13.7. The Bertz CT molecular complexity index is 489. The summed E-state index contributed by atoms with van der Waals surface area (Å²) < 4.78 is 10.7. The van der Waals surface area contributed by atoms with Crippen LogP contribution in [0.2, 0.25) is 0 Å². The minimum atomic E-state index is -0.309. The van der Waals surface area contributed by atoms with Crippen molar-refractivity contribution < 1.29 is 9.47 Å². The Morgan fingerprint density at radius 2 is 2.05 bits per heavy atom. The van der Waals surface area contributed by atoms with E-state index >= 15 is 0 Å². The fourth-order valence-electron chi connectivity index (χ4n) is 2.81. The Labute approximate surface area is 114 Å². The van der Waals surface area contributed by atoms with Crippen molar-refractivity contribution in [1.29, 1.82) is 5.26 Å². The second-order valence-corrected chi connectivity index (χ2v) is 4.95. The fraction of sp³-hybridized carbons (Fsp3) is 0.533. The standard InChI is InChI=1S/C15H20N2O2/c1-17-14(15(10-16)7-4-8-15)12-6-5-11(18-2)9-13(12)19-3/h5-6,9,14,17H,4,7-8H2,1-3H3. The topological polar surface area (TPSA) is 54.3 Å². The molecular formula is C15H20N2O2. The molecular weight excluding hydrogens is 240 g/mol. The van der Waals surface area contributed by atoms with E-state index in [9.17, 15) is 5.26 Å². The van der Waals surface area contributed by atoms with Gasteiger partial charge in [0.05, 0.1) is 31.7 Å². The minimum absolute atomic E-state index is 0.00731. The molecule has 0 aromatic heterocycles. The van der Waals surface area contributed by atoms with Crippen LogP contribution in [0, 0.1) is 16.7 Å². The molecule has 0 saturated heterocycles. The van der Waals surface area contributed by atoms with Gasteiger partial charge in [0.2, 0.25) is 0 Å². The number of hydrogen-bond acceptors (Lipinski definition) is 4. The minimum Gasteiger partial charge on any atom is -0.497 e. The molecule has 19 heavy (non-hydrogen) atoms. The van der Waals surface area contributed by atoms with Gasteiger partial charge in [-0.25, -0.2) is 0 Å². The van der Waals surface area contributed by atoms with Crippen molar-refractivity contribution >= 4 is 0 Å². The summed E-state index contributed by atoms with van der Waals surface area (Å²) in [5, 5.41) is 12.8. The van der Waals surface area contributed by atoms with Crippen LogP contribution >= 0.6 is 0 Å².